The van der Waals surface area contributed by atoms with E-state index >= 15 is 0 Å². The molecule has 218 valence electrons. The van der Waals surface area contributed by atoms with Gasteiger partial charge >= 0.3 is 5.97 Å². The van der Waals surface area contributed by atoms with Gasteiger partial charge in [0.05, 0.1) is 29.2 Å². The van der Waals surface area contributed by atoms with Crippen LogP contribution in [0.5, 0.6) is 0 Å². The minimum absolute atomic E-state index is 0.0251. The normalized spacial score (nSPS) is 14.6. The average molecular weight is 592 g/mol. The van der Waals surface area contributed by atoms with E-state index in [0.717, 1.165) is 64.7 Å². The van der Waals surface area contributed by atoms with Gasteiger partial charge in [0.1, 0.15) is 11.9 Å². The van der Waals surface area contributed by atoms with Crippen molar-refractivity contribution in [3.63, 3.8) is 0 Å². The number of carbonyl (C=O) groups excluding carboxylic acids is 1. The first-order chi connectivity index (χ1) is 21.0. The van der Waals surface area contributed by atoms with Gasteiger partial charge in [-0.15, -0.1) is 0 Å². The first-order valence-corrected chi connectivity index (χ1v) is 15.2. The number of nitriles is 1. The molecule has 7 nitrogen and oxygen atoms in total. The van der Waals surface area contributed by atoms with E-state index in [4.69, 9.17) is 21.3 Å². The molecule has 0 bridgehead atoms. The van der Waals surface area contributed by atoms with Crippen LogP contribution in [0.25, 0.3) is 16.7 Å². The van der Waals surface area contributed by atoms with Crippen LogP contribution in [-0.4, -0.2) is 53.0 Å². The van der Waals surface area contributed by atoms with Crippen molar-refractivity contribution in [2.45, 2.75) is 32.7 Å². The molecule has 3 aromatic carbocycles. The number of hydrogen-bond donors (Lipinski definition) is 0. The van der Waals surface area contributed by atoms with Crippen molar-refractivity contribution in [3.8, 4) is 6.07 Å². The zero-order valence-electron chi connectivity index (χ0n) is 24.5. The Morgan fingerprint density at radius 2 is 1.70 bits per heavy atom. The number of esters is 1. The molecule has 1 atom stereocenters. The van der Waals surface area contributed by atoms with Crippen molar-refractivity contribution >= 4 is 40.1 Å². The highest BCUT2D eigenvalue weighted by molar-refractivity contribution is 6.31. The number of pyridine rings is 1. The number of hydrogen-bond acceptors (Lipinski definition) is 6. The molecule has 0 spiro atoms. The molecule has 1 saturated heterocycles. The van der Waals surface area contributed by atoms with E-state index in [1.165, 1.54) is 5.56 Å². The molecule has 43 heavy (non-hydrogen) atoms. The van der Waals surface area contributed by atoms with Gasteiger partial charge in [-0.05, 0) is 60.7 Å². The number of piperazine rings is 1. The first-order valence-electron chi connectivity index (χ1n) is 14.8. The number of halogens is 1. The quantitative estimate of drug-likeness (QED) is 0.186. The Kier molecular flexibility index (Phi) is 8.33. The number of ether oxygens (including phenoxy) is 1. The highest BCUT2D eigenvalue weighted by Crippen LogP contribution is 2.37. The predicted octanol–water partition coefficient (Wildman–Crippen LogP) is 6.73. The van der Waals surface area contributed by atoms with Crippen molar-refractivity contribution in [2.75, 3.05) is 37.7 Å². The Hall–Kier alpha value is -4.38. The summed E-state index contributed by atoms with van der Waals surface area (Å²) in [6, 6.07) is 29.0. The maximum Gasteiger partial charge on any atom is 0.306 e. The molecule has 0 aliphatic carbocycles. The van der Waals surface area contributed by atoms with E-state index in [0.29, 0.717) is 24.2 Å². The van der Waals surface area contributed by atoms with Gasteiger partial charge in [0, 0.05) is 37.6 Å². The van der Waals surface area contributed by atoms with Gasteiger partial charge in [0.25, 0.3) is 0 Å². The molecular weight excluding hydrogens is 558 g/mol. The number of nitrogens with zero attached hydrogens (tertiary/aromatic N) is 5. The number of fused-ring (bicyclic) bond motifs is 3. The summed E-state index contributed by atoms with van der Waals surface area (Å²) in [7, 11) is 0. The van der Waals surface area contributed by atoms with Crippen LogP contribution >= 0.6 is 11.6 Å². The monoisotopic (exact) mass is 591 g/mol. The lowest BCUT2D eigenvalue weighted by atomic mass is 9.96. The second-order valence-corrected chi connectivity index (χ2v) is 11.2. The summed E-state index contributed by atoms with van der Waals surface area (Å²) in [6.45, 7) is 7.25. The Morgan fingerprint density at radius 1 is 1.00 bits per heavy atom. The molecule has 0 N–H and O–H groups in total. The van der Waals surface area contributed by atoms with Crippen LogP contribution in [0.3, 0.4) is 0 Å². The van der Waals surface area contributed by atoms with E-state index in [9.17, 15) is 10.1 Å². The van der Waals surface area contributed by atoms with Crippen LogP contribution in [-0.2, 0) is 16.0 Å². The summed E-state index contributed by atoms with van der Waals surface area (Å²) in [5, 5.41) is 11.0. The van der Waals surface area contributed by atoms with Crippen molar-refractivity contribution in [1.82, 2.24) is 14.3 Å². The van der Waals surface area contributed by atoms with Crippen LogP contribution in [0.2, 0.25) is 5.02 Å². The number of carbonyl (C=O) groups is 1. The molecule has 5 aromatic rings. The highest BCUT2D eigenvalue weighted by Gasteiger charge is 2.31. The SMILES string of the molecule is CCOC(=O)CCc1c(C)c(C#N)c2nc3ccccc3n2c1N1CCN(C(c2ccccc2)c2ccccc2Cl)CC1. The number of imidazole rings is 1. The second kappa shape index (κ2) is 12.5. The Balaban J connectivity index is 1.42. The Labute approximate surface area is 256 Å². The fraction of sp³-hybridized carbons (Fsp3) is 0.286. The van der Waals surface area contributed by atoms with Gasteiger partial charge in [-0.2, -0.15) is 5.26 Å². The molecule has 0 amide bonds. The standard InChI is InChI=1S/C35H34ClN5O2/c1-3-43-32(42)18-17-26-24(2)28(23-37)34-38-30-15-9-10-16-31(30)41(34)35(26)40-21-19-39(20-22-40)33(25-11-5-4-6-12-25)27-13-7-8-14-29(27)36/h4-16,33H,3,17-22H2,1-2H3. The lowest BCUT2D eigenvalue weighted by Gasteiger charge is -2.41. The van der Waals surface area contributed by atoms with Crippen molar-refractivity contribution in [2.24, 2.45) is 0 Å². The van der Waals surface area contributed by atoms with Crippen molar-refractivity contribution in [1.29, 1.82) is 5.26 Å². The summed E-state index contributed by atoms with van der Waals surface area (Å²) in [5.41, 5.74) is 7.13. The number of anilines is 1. The molecule has 2 aromatic heterocycles. The molecule has 1 unspecified atom stereocenters. The minimum Gasteiger partial charge on any atom is -0.466 e. The summed E-state index contributed by atoms with van der Waals surface area (Å²) in [6.07, 6.45) is 0.719. The third-order valence-electron chi connectivity index (χ3n) is 8.38. The molecule has 3 heterocycles. The summed E-state index contributed by atoms with van der Waals surface area (Å²) < 4.78 is 7.39. The maximum atomic E-state index is 12.5. The smallest absolute Gasteiger partial charge is 0.306 e. The first kappa shape index (κ1) is 28.7. The zero-order valence-corrected chi connectivity index (χ0v) is 25.2. The molecular formula is C35H34ClN5O2. The molecule has 8 heteroatoms. The summed E-state index contributed by atoms with van der Waals surface area (Å²) in [5.74, 6) is 0.760. The second-order valence-electron chi connectivity index (χ2n) is 10.8. The van der Waals surface area contributed by atoms with Gasteiger partial charge < -0.3 is 9.64 Å². The molecule has 6 rings (SSSR count). The molecule has 1 fully saturated rings. The van der Waals surface area contributed by atoms with E-state index < -0.39 is 0 Å². The molecule has 0 radical (unpaired) electrons. The van der Waals surface area contributed by atoms with Crippen molar-refractivity contribution in [3.05, 3.63) is 112 Å². The third-order valence-corrected chi connectivity index (χ3v) is 8.73. The predicted molar refractivity (Wildman–Crippen MR) is 171 cm³/mol. The minimum atomic E-state index is -0.239. The van der Waals surface area contributed by atoms with Crippen LogP contribution in [0.4, 0.5) is 5.82 Å². The molecule has 1 aliphatic heterocycles. The summed E-state index contributed by atoms with van der Waals surface area (Å²) in [4.78, 5) is 22.3. The fourth-order valence-corrected chi connectivity index (χ4v) is 6.61. The fourth-order valence-electron chi connectivity index (χ4n) is 6.37. The van der Waals surface area contributed by atoms with Crippen LogP contribution < -0.4 is 4.90 Å². The summed E-state index contributed by atoms with van der Waals surface area (Å²) >= 11 is 6.76. The lowest BCUT2D eigenvalue weighted by molar-refractivity contribution is -0.143. The van der Waals surface area contributed by atoms with Gasteiger partial charge in [-0.25, -0.2) is 4.98 Å². The zero-order chi connectivity index (χ0) is 29.9. The van der Waals surface area contributed by atoms with Gasteiger partial charge in [-0.1, -0.05) is 72.3 Å². The highest BCUT2D eigenvalue weighted by atomic mass is 35.5. The third kappa shape index (κ3) is 5.45. The van der Waals surface area contributed by atoms with Crippen LogP contribution in [0, 0.1) is 18.3 Å². The molecule has 1 aliphatic rings. The molecule has 0 saturated carbocycles. The number of para-hydroxylation sites is 2. The van der Waals surface area contributed by atoms with E-state index in [1.54, 1.807) is 0 Å². The lowest BCUT2D eigenvalue weighted by Crippen LogP contribution is -2.48. The van der Waals surface area contributed by atoms with E-state index in [-0.39, 0.29) is 18.4 Å². The Morgan fingerprint density at radius 3 is 2.42 bits per heavy atom. The topological polar surface area (TPSA) is 73.9 Å². The maximum absolute atomic E-state index is 12.5. The van der Waals surface area contributed by atoms with Crippen LogP contribution in [0.15, 0.2) is 78.9 Å². The number of rotatable bonds is 8. The van der Waals surface area contributed by atoms with Gasteiger partial charge in [-0.3, -0.25) is 14.1 Å². The van der Waals surface area contributed by atoms with Gasteiger partial charge in [0.2, 0.25) is 0 Å². The Bertz CT molecular complexity index is 1820. The average Bonchev–Trinajstić information content (AvgIpc) is 3.41. The van der Waals surface area contributed by atoms with E-state index in [2.05, 4.69) is 50.6 Å². The number of aromatic nitrogens is 2. The number of benzene rings is 3. The van der Waals surface area contributed by atoms with E-state index in [1.807, 2.05) is 62.4 Å². The van der Waals surface area contributed by atoms with Gasteiger partial charge in [0.15, 0.2) is 5.65 Å². The van der Waals surface area contributed by atoms with Crippen LogP contribution in [0.1, 0.15) is 47.2 Å². The largest absolute Gasteiger partial charge is 0.466 e. The van der Waals surface area contributed by atoms with Crippen molar-refractivity contribution < 1.29 is 9.53 Å².